The fraction of sp³-hybridized carbons (Fsp3) is 0.500. The fourth-order valence-corrected chi connectivity index (χ4v) is 1.93. The second-order valence-corrected chi connectivity index (χ2v) is 4.37. The van der Waals surface area contributed by atoms with Crippen LogP contribution in [0.2, 0.25) is 0 Å². The van der Waals surface area contributed by atoms with Gasteiger partial charge >= 0.3 is 0 Å². The molecule has 0 aromatic carbocycles. The number of anilines is 1. The van der Waals surface area contributed by atoms with Crippen molar-refractivity contribution in [2.45, 2.75) is 24.9 Å². The maximum absolute atomic E-state index is 11.8. The molecule has 92 valence electrons. The van der Waals surface area contributed by atoms with Gasteiger partial charge in [0, 0.05) is 13.7 Å². The molecule has 1 fully saturated rings. The summed E-state index contributed by atoms with van der Waals surface area (Å²) in [6, 6.07) is 5.01. The minimum Gasteiger partial charge on any atom is -0.384 e. The summed E-state index contributed by atoms with van der Waals surface area (Å²) in [6.07, 6.45) is 3.14. The minimum absolute atomic E-state index is 0.171. The third-order valence-corrected chi connectivity index (χ3v) is 3.27. The van der Waals surface area contributed by atoms with Crippen LogP contribution in [0.1, 0.15) is 29.8 Å². The van der Waals surface area contributed by atoms with E-state index in [4.69, 9.17) is 10.5 Å². The summed E-state index contributed by atoms with van der Waals surface area (Å²) in [5.74, 6) is 0.142. The highest BCUT2D eigenvalue weighted by atomic mass is 16.5. The van der Waals surface area contributed by atoms with Crippen LogP contribution in [-0.2, 0) is 4.74 Å². The Labute approximate surface area is 100 Å². The van der Waals surface area contributed by atoms with Crippen LogP contribution in [0.15, 0.2) is 18.2 Å². The zero-order valence-electron chi connectivity index (χ0n) is 9.90. The van der Waals surface area contributed by atoms with Gasteiger partial charge in [0.2, 0.25) is 0 Å². The summed E-state index contributed by atoms with van der Waals surface area (Å²) in [6.45, 7) is 0.527. The molecule has 5 nitrogen and oxygen atoms in total. The van der Waals surface area contributed by atoms with Crippen LogP contribution in [0.5, 0.6) is 0 Å². The second kappa shape index (κ2) is 4.71. The number of nitrogens with two attached hydrogens (primary N) is 1. The predicted molar refractivity (Wildman–Crippen MR) is 64.6 cm³/mol. The van der Waals surface area contributed by atoms with Crippen LogP contribution < -0.4 is 11.1 Å². The highest BCUT2D eigenvalue weighted by molar-refractivity contribution is 5.92. The Morgan fingerprint density at radius 3 is 2.88 bits per heavy atom. The van der Waals surface area contributed by atoms with Crippen molar-refractivity contribution in [2.75, 3.05) is 19.4 Å². The molecule has 0 saturated heterocycles. The van der Waals surface area contributed by atoms with E-state index in [1.165, 1.54) is 0 Å². The lowest BCUT2D eigenvalue weighted by Gasteiger charge is -2.40. The van der Waals surface area contributed by atoms with Crippen molar-refractivity contribution in [3.05, 3.63) is 23.9 Å². The van der Waals surface area contributed by atoms with E-state index in [9.17, 15) is 4.79 Å². The number of ether oxygens (including phenoxy) is 1. The molecule has 1 aromatic rings. The Morgan fingerprint density at radius 1 is 1.59 bits per heavy atom. The Balaban J connectivity index is 1.93. The second-order valence-electron chi connectivity index (χ2n) is 4.37. The molecule has 1 saturated carbocycles. The van der Waals surface area contributed by atoms with Gasteiger partial charge in [-0.1, -0.05) is 6.07 Å². The first-order chi connectivity index (χ1) is 8.15. The van der Waals surface area contributed by atoms with E-state index in [1.807, 2.05) is 0 Å². The van der Waals surface area contributed by atoms with Gasteiger partial charge in [0.25, 0.3) is 5.91 Å². The third-order valence-electron chi connectivity index (χ3n) is 3.27. The highest BCUT2D eigenvalue weighted by Crippen LogP contribution is 2.34. The fourth-order valence-electron chi connectivity index (χ4n) is 1.93. The van der Waals surface area contributed by atoms with Crippen LogP contribution in [0.25, 0.3) is 0 Å². The predicted octanol–water partition coefficient (Wildman–Crippen LogP) is 0.963. The summed E-state index contributed by atoms with van der Waals surface area (Å²) in [4.78, 5) is 15.8. The number of rotatable bonds is 4. The maximum Gasteiger partial charge on any atom is 0.270 e. The number of amides is 1. The van der Waals surface area contributed by atoms with Crippen molar-refractivity contribution < 1.29 is 9.53 Å². The molecule has 1 aliphatic carbocycles. The molecule has 0 spiro atoms. The van der Waals surface area contributed by atoms with Crippen molar-refractivity contribution in [2.24, 2.45) is 0 Å². The van der Waals surface area contributed by atoms with Gasteiger partial charge in [0.15, 0.2) is 0 Å². The number of nitrogens with one attached hydrogen (secondary N) is 1. The Bertz CT molecular complexity index is 410. The lowest BCUT2D eigenvalue weighted by atomic mass is 9.80. The van der Waals surface area contributed by atoms with E-state index in [2.05, 4.69) is 10.3 Å². The minimum atomic E-state index is -0.208. The number of nitrogen functional groups attached to an aromatic ring is 1. The van der Waals surface area contributed by atoms with E-state index in [0.29, 0.717) is 18.1 Å². The number of carbonyl (C=O) groups excluding carboxylic acids is 1. The number of carbonyl (C=O) groups is 1. The quantitative estimate of drug-likeness (QED) is 0.815. The van der Waals surface area contributed by atoms with Crippen molar-refractivity contribution in [3.8, 4) is 0 Å². The van der Waals surface area contributed by atoms with Gasteiger partial charge in [-0.25, -0.2) is 4.98 Å². The molecule has 1 amide bonds. The van der Waals surface area contributed by atoms with Crippen LogP contribution in [-0.4, -0.2) is 30.1 Å². The van der Waals surface area contributed by atoms with Crippen LogP contribution in [0.3, 0.4) is 0 Å². The third kappa shape index (κ3) is 2.55. The Hall–Kier alpha value is -1.62. The molecule has 0 unspecified atom stereocenters. The topological polar surface area (TPSA) is 77.2 Å². The molecule has 5 heteroatoms. The number of nitrogens with zero attached hydrogens (tertiary/aromatic N) is 1. The maximum atomic E-state index is 11.8. The van der Waals surface area contributed by atoms with Gasteiger partial charge in [-0.15, -0.1) is 0 Å². The monoisotopic (exact) mass is 235 g/mol. The Morgan fingerprint density at radius 2 is 2.35 bits per heavy atom. The first-order valence-corrected chi connectivity index (χ1v) is 5.71. The lowest BCUT2D eigenvalue weighted by Crippen LogP contribution is -2.49. The summed E-state index contributed by atoms with van der Waals surface area (Å²) >= 11 is 0. The van der Waals surface area contributed by atoms with Crippen LogP contribution in [0, 0.1) is 0 Å². The molecule has 0 radical (unpaired) electrons. The van der Waals surface area contributed by atoms with Crippen molar-refractivity contribution >= 4 is 11.7 Å². The zero-order chi connectivity index (χ0) is 12.3. The molecule has 2 rings (SSSR count). The number of hydrogen-bond donors (Lipinski definition) is 2. The zero-order valence-corrected chi connectivity index (χ0v) is 9.90. The number of methoxy groups -OCH3 is 1. The van der Waals surface area contributed by atoms with Gasteiger partial charge < -0.3 is 15.8 Å². The molecule has 1 heterocycles. The van der Waals surface area contributed by atoms with E-state index in [-0.39, 0.29) is 11.5 Å². The molecule has 0 bridgehead atoms. The Kier molecular flexibility index (Phi) is 3.28. The summed E-state index contributed by atoms with van der Waals surface area (Å²) < 4.78 is 5.42. The first kappa shape index (κ1) is 11.9. The summed E-state index contributed by atoms with van der Waals surface area (Å²) in [7, 11) is 1.68. The van der Waals surface area contributed by atoms with Crippen molar-refractivity contribution in [3.63, 3.8) is 0 Å². The van der Waals surface area contributed by atoms with E-state index < -0.39 is 0 Å². The van der Waals surface area contributed by atoms with E-state index in [1.54, 1.807) is 25.3 Å². The lowest BCUT2D eigenvalue weighted by molar-refractivity contribution is -0.0679. The molecular weight excluding hydrogens is 218 g/mol. The average molecular weight is 235 g/mol. The van der Waals surface area contributed by atoms with Gasteiger partial charge in [-0.05, 0) is 31.4 Å². The summed E-state index contributed by atoms with van der Waals surface area (Å²) in [5.41, 5.74) is 5.70. The van der Waals surface area contributed by atoms with Gasteiger partial charge in [0.1, 0.15) is 11.5 Å². The first-order valence-electron chi connectivity index (χ1n) is 5.71. The average Bonchev–Trinajstić information content (AvgIpc) is 2.28. The van der Waals surface area contributed by atoms with Crippen molar-refractivity contribution in [1.29, 1.82) is 0 Å². The molecule has 0 aliphatic heterocycles. The number of pyridine rings is 1. The molecule has 3 N–H and O–H groups in total. The van der Waals surface area contributed by atoms with Crippen molar-refractivity contribution in [1.82, 2.24) is 10.3 Å². The summed E-state index contributed by atoms with van der Waals surface area (Å²) in [5, 5.41) is 2.84. The molecular formula is C12H17N3O2. The van der Waals surface area contributed by atoms with Gasteiger partial charge in [-0.2, -0.15) is 0 Å². The number of aromatic nitrogens is 1. The van der Waals surface area contributed by atoms with E-state index in [0.717, 1.165) is 19.3 Å². The SMILES string of the molecule is COC1(CNC(=O)c2cccc(N)n2)CCC1. The molecule has 0 atom stereocenters. The van der Waals surface area contributed by atoms with Gasteiger partial charge in [0.05, 0.1) is 5.60 Å². The largest absolute Gasteiger partial charge is 0.384 e. The van der Waals surface area contributed by atoms with Crippen LogP contribution in [0.4, 0.5) is 5.82 Å². The number of hydrogen-bond acceptors (Lipinski definition) is 4. The normalized spacial score (nSPS) is 17.2. The smallest absolute Gasteiger partial charge is 0.270 e. The molecule has 1 aromatic heterocycles. The van der Waals surface area contributed by atoms with Crippen LogP contribution >= 0.6 is 0 Å². The molecule has 17 heavy (non-hydrogen) atoms. The van der Waals surface area contributed by atoms with E-state index >= 15 is 0 Å². The standard InChI is InChI=1S/C12H17N3O2/c1-17-12(6-3-7-12)8-14-11(16)9-4-2-5-10(13)15-9/h2,4-5H,3,6-8H2,1H3,(H2,13,15)(H,14,16). The highest BCUT2D eigenvalue weighted by Gasteiger charge is 2.37. The molecule has 1 aliphatic rings. The van der Waals surface area contributed by atoms with Gasteiger partial charge in [-0.3, -0.25) is 4.79 Å².